The second-order valence-electron chi connectivity index (χ2n) is 9.60. The van der Waals surface area contributed by atoms with E-state index in [4.69, 9.17) is 4.74 Å². The summed E-state index contributed by atoms with van der Waals surface area (Å²) in [5.41, 5.74) is 8.32. The van der Waals surface area contributed by atoms with Crippen molar-refractivity contribution < 1.29 is 9.53 Å². The van der Waals surface area contributed by atoms with Crippen molar-refractivity contribution in [3.05, 3.63) is 113 Å². The molecule has 1 heterocycles. The van der Waals surface area contributed by atoms with E-state index in [9.17, 15) is 4.79 Å². The lowest BCUT2D eigenvalue weighted by molar-refractivity contribution is -0.124. The van der Waals surface area contributed by atoms with E-state index in [0.29, 0.717) is 12.5 Å². The molecule has 0 fully saturated rings. The van der Waals surface area contributed by atoms with Gasteiger partial charge in [0.2, 0.25) is 0 Å². The number of methoxy groups -OCH3 is 1. The lowest BCUT2D eigenvalue weighted by Gasteiger charge is -2.33. The first-order valence-corrected chi connectivity index (χ1v) is 12.6. The van der Waals surface area contributed by atoms with Crippen molar-refractivity contribution in [2.75, 3.05) is 20.2 Å². The highest BCUT2D eigenvalue weighted by Crippen LogP contribution is 2.42. The van der Waals surface area contributed by atoms with Gasteiger partial charge in [-0.15, -0.1) is 0 Å². The highest BCUT2D eigenvalue weighted by Gasteiger charge is 2.31. The van der Waals surface area contributed by atoms with Gasteiger partial charge in [0.15, 0.2) is 0 Å². The standard InChI is InChI=1S/C32H33NO2/c1-23-22-26(17-16-24-10-4-3-5-11-24)27-12-6-7-14-29(27)31(23)32(34)33-20-18-25(19-21-33)28-13-8-9-15-30(28)35-2/h3-15,18,26H,16-17,19-22H2,1-2H3. The van der Waals surface area contributed by atoms with Gasteiger partial charge < -0.3 is 9.64 Å². The van der Waals surface area contributed by atoms with E-state index in [1.807, 2.05) is 23.1 Å². The molecular formula is C32H33NO2. The predicted molar refractivity (Wildman–Crippen MR) is 143 cm³/mol. The van der Waals surface area contributed by atoms with Gasteiger partial charge in [-0.2, -0.15) is 0 Å². The Kier molecular flexibility index (Phi) is 6.85. The summed E-state index contributed by atoms with van der Waals surface area (Å²) in [6.07, 6.45) is 6.11. The molecule has 0 saturated heterocycles. The minimum atomic E-state index is 0.159. The number of aryl methyl sites for hydroxylation is 1. The normalized spacial score (nSPS) is 17.6. The van der Waals surface area contributed by atoms with Crippen LogP contribution in [-0.2, 0) is 11.2 Å². The molecule has 0 spiro atoms. The molecule has 0 bridgehead atoms. The summed E-state index contributed by atoms with van der Waals surface area (Å²) >= 11 is 0. The summed E-state index contributed by atoms with van der Waals surface area (Å²) in [5, 5.41) is 0. The van der Waals surface area contributed by atoms with Gasteiger partial charge in [-0.1, -0.05) is 84.4 Å². The first-order chi connectivity index (χ1) is 17.2. The Morgan fingerprint density at radius 2 is 1.66 bits per heavy atom. The molecule has 0 N–H and O–H groups in total. The molecule has 3 aromatic carbocycles. The maximum Gasteiger partial charge on any atom is 0.254 e. The molecule has 5 rings (SSSR count). The van der Waals surface area contributed by atoms with Gasteiger partial charge in [-0.05, 0) is 66.9 Å². The largest absolute Gasteiger partial charge is 0.496 e. The van der Waals surface area contributed by atoms with E-state index in [-0.39, 0.29) is 5.91 Å². The molecule has 35 heavy (non-hydrogen) atoms. The number of benzene rings is 3. The maximum atomic E-state index is 13.8. The van der Waals surface area contributed by atoms with Crippen LogP contribution in [0.5, 0.6) is 5.75 Å². The highest BCUT2D eigenvalue weighted by molar-refractivity contribution is 6.21. The summed E-state index contributed by atoms with van der Waals surface area (Å²) in [4.78, 5) is 15.8. The van der Waals surface area contributed by atoms with Crippen LogP contribution in [-0.4, -0.2) is 31.0 Å². The molecule has 0 radical (unpaired) electrons. The van der Waals surface area contributed by atoms with E-state index in [1.54, 1.807) is 7.11 Å². The Morgan fingerprint density at radius 3 is 2.40 bits per heavy atom. The SMILES string of the molecule is COc1ccccc1C1=CCN(C(=O)C2=C(C)CC(CCc3ccccc3)c3ccccc32)CC1. The van der Waals surface area contributed by atoms with Gasteiger partial charge in [0.05, 0.1) is 7.11 Å². The van der Waals surface area contributed by atoms with E-state index >= 15 is 0 Å². The van der Waals surface area contributed by atoms with Gasteiger partial charge in [0, 0.05) is 24.2 Å². The molecule has 1 aliphatic carbocycles. The van der Waals surface area contributed by atoms with E-state index in [0.717, 1.165) is 54.7 Å². The third-order valence-corrected chi connectivity index (χ3v) is 7.44. The van der Waals surface area contributed by atoms with Crippen LogP contribution in [0.2, 0.25) is 0 Å². The zero-order chi connectivity index (χ0) is 24.2. The quantitative estimate of drug-likeness (QED) is 0.398. The molecule has 3 nitrogen and oxygen atoms in total. The molecule has 0 saturated carbocycles. The fourth-order valence-electron chi connectivity index (χ4n) is 5.60. The van der Waals surface area contributed by atoms with Gasteiger partial charge in [-0.3, -0.25) is 4.79 Å². The monoisotopic (exact) mass is 463 g/mol. The third-order valence-electron chi connectivity index (χ3n) is 7.44. The lowest BCUT2D eigenvalue weighted by atomic mass is 9.76. The minimum Gasteiger partial charge on any atom is -0.496 e. The number of carbonyl (C=O) groups excluding carboxylic acids is 1. The van der Waals surface area contributed by atoms with Crippen LogP contribution in [0.4, 0.5) is 0 Å². The molecule has 1 amide bonds. The number of amides is 1. The smallest absolute Gasteiger partial charge is 0.254 e. The van der Waals surface area contributed by atoms with Gasteiger partial charge in [0.1, 0.15) is 5.75 Å². The first kappa shape index (κ1) is 23.2. The zero-order valence-corrected chi connectivity index (χ0v) is 20.7. The molecule has 1 atom stereocenters. The molecule has 0 aromatic heterocycles. The average molecular weight is 464 g/mol. The molecular weight excluding hydrogens is 430 g/mol. The van der Waals surface area contributed by atoms with Crippen molar-refractivity contribution >= 4 is 17.1 Å². The molecule has 178 valence electrons. The Labute approximate surface area is 208 Å². The average Bonchev–Trinajstić information content (AvgIpc) is 2.92. The summed E-state index contributed by atoms with van der Waals surface area (Å²) in [6.45, 7) is 3.50. The molecule has 1 unspecified atom stereocenters. The number of rotatable bonds is 6. The fraction of sp³-hybridized carbons (Fsp3) is 0.281. The number of nitrogens with zero attached hydrogens (tertiary/aromatic N) is 1. The summed E-state index contributed by atoms with van der Waals surface area (Å²) in [7, 11) is 1.71. The molecule has 3 aromatic rings. The van der Waals surface area contributed by atoms with Crippen LogP contribution in [0.1, 0.15) is 54.4 Å². The van der Waals surface area contributed by atoms with Crippen molar-refractivity contribution in [1.82, 2.24) is 4.90 Å². The van der Waals surface area contributed by atoms with Gasteiger partial charge in [-0.25, -0.2) is 0 Å². The van der Waals surface area contributed by atoms with Crippen molar-refractivity contribution in [2.24, 2.45) is 0 Å². The molecule has 3 heteroatoms. The fourth-order valence-corrected chi connectivity index (χ4v) is 5.60. The van der Waals surface area contributed by atoms with Crippen molar-refractivity contribution in [3.63, 3.8) is 0 Å². The van der Waals surface area contributed by atoms with Gasteiger partial charge in [0.25, 0.3) is 5.91 Å². The lowest BCUT2D eigenvalue weighted by Crippen LogP contribution is -2.36. The Hall–Kier alpha value is -3.59. The van der Waals surface area contributed by atoms with E-state index < -0.39 is 0 Å². The Balaban J connectivity index is 1.35. The van der Waals surface area contributed by atoms with Crippen LogP contribution in [0, 0.1) is 0 Å². The number of fused-ring (bicyclic) bond motifs is 1. The highest BCUT2D eigenvalue weighted by atomic mass is 16.5. The number of carbonyl (C=O) groups is 1. The predicted octanol–water partition coefficient (Wildman–Crippen LogP) is 6.90. The Bertz CT molecular complexity index is 1270. The van der Waals surface area contributed by atoms with Crippen LogP contribution in [0.3, 0.4) is 0 Å². The van der Waals surface area contributed by atoms with E-state index in [1.165, 1.54) is 22.3 Å². The number of ether oxygens (including phenoxy) is 1. The van der Waals surface area contributed by atoms with Crippen LogP contribution in [0.25, 0.3) is 11.1 Å². The number of allylic oxidation sites excluding steroid dienone is 1. The summed E-state index contributed by atoms with van der Waals surface area (Å²) < 4.78 is 5.55. The van der Waals surface area contributed by atoms with E-state index in [2.05, 4.69) is 73.7 Å². The number of para-hydroxylation sites is 1. The summed E-state index contributed by atoms with van der Waals surface area (Å²) in [6, 6.07) is 27.4. The molecule has 1 aliphatic heterocycles. The minimum absolute atomic E-state index is 0.159. The third kappa shape index (κ3) is 4.81. The van der Waals surface area contributed by atoms with Crippen LogP contribution < -0.4 is 4.74 Å². The van der Waals surface area contributed by atoms with Crippen molar-refractivity contribution in [3.8, 4) is 5.75 Å². The summed E-state index contributed by atoms with van der Waals surface area (Å²) in [5.74, 6) is 1.49. The second-order valence-corrected chi connectivity index (χ2v) is 9.60. The van der Waals surface area contributed by atoms with Gasteiger partial charge >= 0.3 is 0 Å². The maximum absolute atomic E-state index is 13.8. The molecule has 2 aliphatic rings. The second kappa shape index (κ2) is 10.4. The number of hydrogen-bond acceptors (Lipinski definition) is 2. The Morgan fingerprint density at radius 1 is 0.943 bits per heavy atom. The van der Waals surface area contributed by atoms with Crippen LogP contribution in [0.15, 0.2) is 90.5 Å². The van der Waals surface area contributed by atoms with Crippen molar-refractivity contribution in [1.29, 1.82) is 0 Å². The van der Waals surface area contributed by atoms with Crippen molar-refractivity contribution in [2.45, 2.75) is 38.5 Å². The number of hydrogen-bond donors (Lipinski definition) is 0. The zero-order valence-electron chi connectivity index (χ0n) is 20.7. The van der Waals surface area contributed by atoms with Crippen LogP contribution >= 0.6 is 0 Å². The topological polar surface area (TPSA) is 29.5 Å². The first-order valence-electron chi connectivity index (χ1n) is 12.6.